The topological polar surface area (TPSA) is 57.0 Å². The molecule has 0 aliphatic rings. The van der Waals surface area contributed by atoms with Crippen LogP contribution in [0.5, 0.6) is 0 Å². The third-order valence-corrected chi connectivity index (χ3v) is 0. The molecule has 0 saturated heterocycles. The third-order valence-electron chi connectivity index (χ3n) is 0. The van der Waals surface area contributed by atoms with Gasteiger partial charge in [-0.25, -0.2) is 0 Å². The van der Waals surface area contributed by atoms with E-state index in [-0.39, 0.29) is 91.7 Å². The summed E-state index contributed by atoms with van der Waals surface area (Å²) in [5.74, 6) is 0. The van der Waals surface area contributed by atoms with Gasteiger partial charge in [0.15, 0.2) is 0 Å². The summed E-state index contributed by atoms with van der Waals surface area (Å²) in [5, 5.41) is 0. The van der Waals surface area contributed by atoms with Crippen molar-refractivity contribution in [1.29, 1.82) is 0 Å². The predicted molar refractivity (Wildman–Crippen MR) is 1.37 cm³/mol. The Kier molecular flexibility index (Phi) is 134. The van der Waals surface area contributed by atoms with E-state index in [2.05, 4.69) is 0 Å². The molecule has 0 unspecified atom stereocenters. The van der Waals surface area contributed by atoms with Crippen LogP contribution in [0.15, 0.2) is 0 Å². The van der Waals surface area contributed by atoms with E-state index >= 15 is 0 Å². The zero-order chi connectivity index (χ0) is 0. The van der Waals surface area contributed by atoms with Crippen LogP contribution in [-0.4, -0.2) is 0 Å². The normalized spacial score (nSPS) is 0. The van der Waals surface area contributed by atoms with Gasteiger partial charge in [0.25, 0.3) is 0 Å². The zero-order valence-electron chi connectivity index (χ0n) is 1.67. The number of rotatable bonds is 0. The molecule has 0 atom stereocenters. The summed E-state index contributed by atoms with van der Waals surface area (Å²) >= 11 is 0. The van der Waals surface area contributed by atoms with Gasteiger partial charge in [-0.2, -0.15) is 0 Å². The second kappa shape index (κ2) is 17.5. The van der Waals surface area contributed by atoms with Crippen LogP contribution < -0.4 is 0 Å². The van der Waals surface area contributed by atoms with Crippen LogP contribution >= 0.6 is 0 Å². The van der Waals surface area contributed by atoms with Crippen molar-refractivity contribution in [2.45, 2.75) is 0 Å². The van der Waals surface area contributed by atoms with Gasteiger partial charge in [0.2, 0.25) is 0 Å². The van der Waals surface area contributed by atoms with Crippen LogP contribution in [0.25, 0.3) is 0 Å². The average Bonchev–Trinajstić information content (AvgIpc) is 0. The largest absolute Gasteiger partial charge is 3.00 e. The van der Waals surface area contributed by atoms with Crippen molar-refractivity contribution in [2.24, 2.45) is 0 Å². The first-order valence-electron chi connectivity index (χ1n) is 0. The second-order valence-corrected chi connectivity index (χ2v) is 0. The Morgan fingerprint density at radius 1 is 0.750 bits per heavy atom. The van der Waals surface area contributed by atoms with E-state index in [0.717, 1.165) is 0 Å². The molecule has 24 valence electrons. The second-order valence-electron chi connectivity index (χ2n) is 0. The maximum atomic E-state index is 0. The van der Waals surface area contributed by atoms with Crippen LogP contribution in [-0.2, 0) is 11.0 Å². The van der Waals surface area contributed by atoms with Gasteiger partial charge in [0.1, 0.15) is 0 Å². The van der Waals surface area contributed by atoms with Crippen molar-refractivity contribution < 1.29 is 91.7 Å². The quantitative estimate of drug-likeness (QED) is 0.590. The van der Waals surface area contributed by atoms with Crippen molar-refractivity contribution in [1.82, 2.24) is 0 Å². The van der Waals surface area contributed by atoms with Crippen LogP contribution in [0.4, 0.5) is 0 Å². The van der Waals surface area contributed by atoms with Crippen molar-refractivity contribution >= 4 is 0 Å². The fourth-order valence-corrected chi connectivity index (χ4v) is 0. The van der Waals surface area contributed by atoms with Gasteiger partial charge < -0.3 is 11.0 Å². The average molecular weight is 327 g/mol. The molecule has 0 aromatic rings. The zero-order valence-corrected chi connectivity index (χ0v) is 7.16. The van der Waals surface area contributed by atoms with Crippen molar-refractivity contribution in [3.05, 3.63) is 0 Å². The van der Waals surface area contributed by atoms with Gasteiger partial charge in [-0.3, -0.25) is 0 Å². The molecule has 0 aliphatic heterocycles. The molecule has 0 spiro atoms. The Hall–Kier alpha value is 2.60. The first-order chi connectivity index (χ1) is 0. The van der Waals surface area contributed by atoms with E-state index in [1.54, 1.807) is 0 Å². The summed E-state index contributed by atoms with van der Waals surface area (Å²) in [7, 11) is 0. The minimum atomic E-state index is 0. The summed E-state index contributed by atoms with van der Waals surface area (Å²) in [6.45, 7) is 0. The van der Waals surface area contributed by atoms with Crippen LogP contribution in [0.2, 0.25) is 0 Å². The molecule has 4 heteroatoms. The maximum Gasteiger partial charge on any atom is 3.00 e. The van der Waals surface area contributed by atoms with E-state index in [0.29, 0.717) is 0 Å². The van der Waals surface area contributed by atoms with Gasteiger partial charge in [-0.05, 0) is 0 Å². The minimum absolute atomic E-state index is 0. The Bertz CT molecular complexity index is 6.00. The molecule has 0 bridgehead atoms. The fourth-order valence-electron chi connectivity index (χ4n) is 0. The summed E-state index contributed by atoms with van der Waals surface area (Å²) in [5.41, 5.74) is 0. The van der Waals surface area contributed by atoms with Gasteiger partial charge in [0.05, 0.1) is 0 Å². The first-order valence-corrected chi connectivity index (χ1v) is 0. The molecular weight excluding hydrogens is 327 g/mol. The first kappa shape index (κ1) is 30.7. The van der Waals surface area contributed by atoms with E-state index in [1.165, 1.54) is 0 Å². The van der Waals surface area contributed by atoms with E-state index in [1.807, 2.05) is 0 Å². The van der Waals surface area contributed by atoms with Gasteiger partial charge in [-0.1, -0.05) is 0 Å². The Morgan fingerprint density at radius 3 is 0.750 bits per heavy atom. The molecule has 2 nitrogen and oxygen atoms in total. The van der Waals surface area contributed by atoms with Crippen molar-refractivity contribution in [2.75, 3.05) is 0 Å². The van der Waals surface area contributed by atoms with E-state index in [4.69, 9.17) is 0 Å². The molecule has 0 aromatic heterocycles. The number of hydrogen-bond donors (Lipinski definition) is 0. The van der Waals surface area contributed by atoms with Gasteiger partial charge in [-0.15, -0.1) is 0 Å². The summed E-state index contributed by atoms with van der Waals surface area (Å²) in [6, 6.07) is 0. The minimum Gasteiger partial charge on any atom is -2.00 e. The molecule has 0 aliphatic carbocycles. The van der Waals surface area contributed by atoms with Crippen LogP contribution in [0.3, 0.4) is 0 Å². The fraction of sp³-hybridized carbons (Fsp3) is 0. The van der Waals surface area contributed by atoms with Gasteiger partial charge >= 0.3 is 40.4 Å². The Morgan fingerprint density at radius 2 is 0.750 bits per heavy atom. The van der Waals surface area contributed by atoms with E-state index in [9.17, 15) is 0 Å². The molecule has 0 amide bonds. The summed E-state index contributed by atoms with van der Waals surface area (Å²) in [4.78, 5) is 0. The molecule has 0 rings (SSSR count). The summed E-state index contributed by atoms with van der Waals surface area (Å²) in [6.07, 6.45) is 0. The molecule has 4 heavy (non-hydrogen) atoms. The molecule has 0 N–H and O–H groups in total. The Labute approximate surface area is 89.5 Å². The molecule has 0 fully saturated rings. The third kappa shape index (κ3) is 8.82. The molecule has 2 radical (unpaired) electrons. The van der Waals surface area contributed by atoms with Gasteiger partial charge in [0, 0.05) is 40.4 Å². The SMILES string of the molecule is [O-2].[O-2].[Pm].[Sm+3]. The van der Waals surface area contributed by atoms with E-state index < -0.39 is 0 Å². The van der Waals surface area contributed by atoms with Crippen LogP contribution in [0, 0.1) is 80.8 Å². The Balaban J connectivity index is 0. The maximum absolute atomic E-state index is 0. The predicted octanol–water partition coefficient (Wildman–Crippen LogP) is -0.238. The standard InChI is InChI=1S/2O.Pm.Sm/q2*-2;;+3. The smallest absolute Gasteiger partial charge is 2.00 e. The van der Waals surface area contributed by atoms with Crippen molar-refractivity contribution in [3.63, 3.8) is 0 Å². The molecule has 0 heterocycles. The molecule has 0 saturated carbocycles. The van der Waals surface area contributed by atoms with Crippen molar-refractivity contribution in [3.8, 4) is 0 Å². The molecular formula is O2PmSm-. The van der Waals surface area contributed by atoms with Crippen LogP contribution in [0.1, 0.15) is 0 Å². The monoisotopic (exact) mass is 329 g/mol. The summed E-state index contributed by atoms with van der Waals surface area (Å²) < 4.78 is 0. The molecule has 0 aromatic carbocycles. The number of hydrogen-bond acceptors (Lipinski definition) is 0.